The van der Waals surface area contributed by atoms with Crippen LogP contribution in [0.15, 0.2) is 72.8 Å². The van der Waals surface area contributed by atoms with Crippen LogP contribution in [0.5, 0.6) is 5.75 Å². The first-order chi connectivity index (χ1) is 13.7. The van der Waals surface area contributed by atoms with Gasteiger partial charge in [0, 0.05) is 0 Å². The van der Waals surface area contributed by atoms with E-state index in [0.29, 0.717) is 28.0 Å². The summed E-state index contributed by atoms with van der Waals surface area (Å²) in [6, 6.07) is 22.3. The fraction of sp³-hybridized carbons (Fsp3) is 0.0909. The fourth-order valence-electron chi connectivity index (χ4n) is 2.88. The number of fused-ring (bicyclic) bond motifs is 1. The number of para-hydroxylation sites is 1. The predicted octanol–water partition coefficient (Wildman–Crippen LogP) is 6.33. The number of rotatable bonds is 5. The fourth-order valence-corrected chi connectivity index (χ4v) is 4.09. The van der Waals surface area contributed by atoms with Crippen LogP contribution in [-0.2, 0) is 0 Å². The van der Waals surface area contributed by atoms with Gasteiger partial charge in [-0.05, 0) is 55.5 Å². The van der Waals surface area contributed by atoms with Crippen molar-refractivity contribution in [3.63, 3.8) is 0 Å². The number of amides is 1. The Bertz CT molecular complexity index is 1090. The van der Waals surface area contributed by atoms with Crippen molar-refractivity contribution in [1.82, 2.24) is 4.98 Å². The summed E-state index contributed by atoms with van der Waals surface area (Å²) in [5.74, 6) is 0.523. The number of benzene rings is 3. The monoisotopic (exact) mass is 408 g/mol. The van der Waals surface area contributed by atoms with Crippen molar-refractivity contribution < 1.29 is 9.53 Å². The number of thiazole rings is 1. The average molecular weight is 409 g/mol. The maximum atomic E-state index is 13.4. The molecule has 4 aromatic rings. The van der Waals surface area contributed by atoms with Crippen molar-refractivity contribution in [3.05, 3.63) is 83.4 Å². The molecule has 0 aliphatic carbocycles. The Labute approximate surface area is 172 Å². The van der Waals surface area contributed by atoms with Crippen LogP contribution in [0.3, 0.4) is 0 Å². The first-order valence-corrected chi connectivity index (χ1v) is 10.0. The second-order valence-electron chi connectivity index (χ2n) is 6.01. The molecule has 28 heavy (non-hydrogen) atoms. The van der Waals surface area contributed by atoms with Crippen LogP contribution in [0.1, 0.15) is 17.3 Å². The lowest BCUT2D eigenvalue weighted by Gasteiger charge is -2.21. The van der Waals surface area contributed by atoms with Crippen LogP contribution in [0.4, 0.5) is 10.8 Å². The van der Waals surface area contributed by atoms with Gasteiger partial charge in [-0.15, -0.1) is 0 Å². The molecule has 0 saturated carbocycles. The SMILES string of the molecule is CCOc1ccc(N(C(=O)c2ccccc2Cl)c2nc3ccccc3s2)cc1. The first-order valence-electron chi connectivity index (χ1n) is 8.85. The Balaban J connectivity index is 1.82. The number of aromatic nitrogens is 1. The van der Waals surface area contributed by atoms with Gasteiger partial charge in [0.1, 0.15) is 5.75 Å². The Morgan fingerprint density at radius 1 is 1.04 bits per heavy atom. The molecule has 4 rings (SSSR count). The zero-order valence-electron chi connectivity index (χ0n) is 15.1. The van der Waals surface area contributed by atoms with E-state index in [1.165, 1.54) is 11.3 Å². The highest BCUT2D eigenvalue weighted by molar-refractivity contribution is 7.22. The van der Waals surface area contributed by atoms with Gasteiger partial charge < -0.3 is 4.74 Å². The molecule has 1 heterocycles. The number of anilines is 2. The minimum Gasteiger partial charge on any atom is -0.494 e. The molecule has 3 aromatic carbocycles. The van der Waals surface area contributed by atoms with Crippen LogP contribution < -0.4 is 9.64 Å². The molecule has 0 radical (unpaired) electrons. The van der Waals surface area contributed by atoms with E-state index in [1.54, 1.807) is 29.2 Å². The zero-order chi connectivity index (χ0) is 19.5. The molecule has 6 heteroatoms. The topological polar surface area (TPSA) is 42.4 Å². The average Bonchev–Trinajstić information content (AvgIpc) is 3.13. The van der Waals surface area contributed by atoms with Crippen molar-refractivity contribution in [3.8, 4) is 5.75 Å². The third-order valence-corrected chi connectivity index (χ3v) is 5.54. The summed E-state index contributed by atoms with van der Waals surface area (Å²) < 4.78 is 6.54. The molecule has 0 aliphatic rings. The highest BCUT2D eigenvalue weighted by Gasteiger charge is 2.24. The molecule has 0 unspecified atom stereocenters. The number of ether oxygens (including phenoxy) is 1. The van der Waals surface area contributed by atoms with Gasteiger partial charge in [0.15, 0.2) is 5.13 Å². The molecule has 0 saturated heterocycles. The molecule has 0 fully saturated rings. The number of hydrogen-bond donors (Lipinski definition) is 0. The van der Waals surface area contributed by atoms with Crippen molar-refractivity contribution >= 4 is 49.9 Å². The van der Waals surface area contributed by atoms with E-state index < -0.39 is 0 Å². The number of hydrogen-bond acceptors (Lipinski definition) is 4. The first kappa shape index (κ1) is 18.5. The van der Waals surface area contributed by atoms with E-state index >= 15 is 0 Å². The molecule has 4 nitrogen and oxygen atoms in total. The third-order valence-electron chi connectivity index (χ3n) is 4.19. The molecule has 1 aromatic heterocycles. The van der Waals surface area contributed by atoms with E-state index in [1.807, 2.05) is 55.5 Å². The van der Waals surface area contributed by atoms with Gasteiger partial charge in [0.2, 0.25) is 0 Å². The Morgan fingerprint density at radius 3 is 2.46 bits per heavy atom. The van der Waals surface area contributed by atoms with E-state index in [2.05, 4.69) is 4.98 Å². The van der Waals surface area contributed by atoms with Crippen LogP contribution in [0.25, 0.3) is 10.2 Å². The summed E-state index contributed by atoms with van der Waals surface area (Å²) in [5, 5.41) is 1.000. The molecular weight excluding hydrogens is 392 g/mol. The van der Waals surface area contributed by atoms with Crippen molar-refractivity contribution in [2.45, 2.75) is 6.92 Å². The van der Waals surface area contributed by atoms with Gasteiger partial charge in [0.05, 0.1) is 33.1 Å². The minimum absolute atomic E-state index is 0.228. The summed E-state index contributed by atoms with van der Waals surface area (Å²) >= 11 is 7.76. The lowest BCUT2D eigenvalue weighted by atomic mass is 10.2. The second-order valence-corrected chi connectivity index (χ2v) is 7.43. The number of carbonyl (C=O) groups excluding carboxylic acids is 1. The van der Waals surface area contributed by atoms with Gasteiger partial charge in [0.25, 0.3) is 5.91 Å². The van der Waals surface area contributed by atoms with Crippen molar-refractivity contribution in [1.29, 1.82) is 0 Å². The molecule has 0 atom stereocenters. The Kier molecular flexibility index (Phi) is 5.28. The minimum atomic E-state index is -0.228. The van der Waals surface area contributed by atoms with Crippen LogP contribution in [0.2, 0.25) is 5.02 Å². The Morgan fingerprint density at radius 2 is 1.75 bits per heavy atom. The van der Waals surface area contributed by atoms with Crippen molar-refractivity contribution in [2.24, 2.45) is 0 Å². The lowest BCUT2D eigenvalue weighted by Crippen LogP contribution is -2.26. The predicted molar refractivity (Wildman–Crippen MR) is 115 cm³/mol. The smallest absolute Gasteiger partial charge is 0.266 e. The van der Waals surface area contributed by atoms with E-state index in [4.69, 9.17) is 16.3 Å². The van der Waals surface area contributed by atoms with Gasteiger partial charge >= 0.3 is 0 Å². The van der Waals surface area contributed by atoms with Crippen molar-refractivity contribution in [2.75, 3.05) is 11.5 Å². The maximum absolute atomic E-state index is 13.4. The molecule has 1 amide bonds. The summed E-state index contributed by atoms with van der Waals surface area (Å²) in [6.45, 7) is 2.52. The summed E-state index contributed by atoms with van der Waals surface area (Å²) in [4.78, 5) is 19.7. The van der Waals surface area contributed by atoms with Gasteiger partial charge in [-0.1, -0.05) is 47.2 Å². The molecular formula is C22H17ClN2O2S. The third kappa shape index (κ3) is 3.59. The maximum Gasteiger partial charge on any atom is 0.266 e. The molecule has 140 valence electrons. The highest BCUT2D eigenvalue weighted by Crippen LogP contribution is 2.36. The lowest BCUT2D eigenvalue weighted by molar-refractivity contribution is 0.0999. The Hall–Kier alpha value is -2.89. The summed E-state index contributed by atoms with van der Waals surface area (Å²) in [5.41, 5.74) is 1.98. The van der Waals surface area contributed by atoms with Gasteiger partial charge in [-0.3, -0.25) is 9.69 Å². The largest absolute Gasteiger partial charge is 0.494 e. The number of carbonyl (C=O) groups is 1. The molecule has 0 aliphatic heterocycles. The van der Waals surface area contributed by atoms with E-state index in [-0.39, 0.29) is 5.91 Å². The number of nitrogens with zero attached hydrogens (tertiary/aromatic N) is 2. The van der Waals surface area contributed by atoms with Crippen LogP contribution in [-0.4, -0.2) is 17.5 Å². The molecule has 0 N–H and O–H groups in total. The second kappa shape index (κ2) is 8.00. The zero-order valence-corrected chi connectivity index (χ0v) is 16.7. The summed E-state index contributed by atoms with van der Waals surface area (Å²) in [6.07, 6.45) is 0. The number of halogens is 1. The highest BCUT2D eigenvalue weighted by atomic mass is 35.5. The molecule has 0 spiro atoms. The standard InChI is InChI=1S/C22H17ClN2O2S/c1-2-27-16-13-11-15(12-14-16)25(21(26)17-7-3-4-8-18(17)23)22-24-19-9-5-6-10-20(19)28-22/h3-14H,2H2,1H3. The van der Waals surface area contributed by atoms with Crippen LogP contribution in [0, 0.1) is 0 Å². The quantitative estimate of drug-likeness (QED) is 0.387. The van der Waals surface area contributed by atoms with Gasteiger partial charge in [-0.2, -0.15) is 0 Å². The van der Waals surface area contributed by atoms with E-state index in [9.17, 15) is 4.79 Å². The van der Waals surface area contributed by atoms with E-state index in [0.717, 1.165) is 16.0 Å². The normalized spacial score (nSPS) is 10.8. The summed E-state index contributed by atoms with van der Waals surface area (Å²) in [7, 11) is 0. The van der Waals surface area contributed by atoms with Gasteiger partial charge in [-0.25, -0.2) is 4.98 Å². The van der Waals surface area contributed by atoms with Crippen LogP contribution >= 0.6 is 22.9 Å². The molecule has 0 bridgehead atoms.